The second-order valence-corrected chi connectivity index (χ2v) is 5.02. The summed E-state index contributed by atoms with van der Waals surface area (Å²) in [6.07, 6.45) is 0. The summed E-state index contributed by atoms with van der Waals surface area (Å²) >= 11 is 0. The normalized spacial score (nSPS) is 16.2. The molecular formula is C15H26N2O2. The molecular weight excluding hydrogens is 240 g/mol. The van der Waals surface area contributed by atoms with Gasteiger partial charge in [-0.25, -0.2) is 0 Å². The molecule has 0 amide bonds. The van der Waals surface area contributed by atoms with Crippen LogP contribution in [0.5, 0.6) is 5.75 Å². The molecule has 0 saturated carbocycles. The van der Waals surface area contributed by atoms with Gasteiger partial charge in [0.15, 0.2) is 0 Å². The zero-order chi connectivity index (χ0) is 14.4. The van der Waals surface area contributed by atoms with Crippen molar-refractivity contribution in [3.05, 3.63) is 29.8 Å². The van der Waals surface area contributed by atoms with Crippen molar-refractivity contribution in [2.45, 2.75) is 32.0 Å². The maximum atomic E-state index is 6.19. The number of hydrogen-bond donors (Lipinski definition) is 1. The number of ether oxygens (including phenoxy) is 2. The molecule has 0 heterocycles. The van der Waals surface area contributed by atoms with Gasteiger partial charge in [-0.05, 0) is 27.0 Å². The van der Waals surface area contributed by atoms with E-state index in [-0.39, 0.29) is 18.1 Å². The fourth-order valence-corrected chi connectivity index (χ4v) is 2.42. The maximum absolute atomic E-state index is 6.19. The molecule has 1 aromatic rings. The first-order chi connectivity index (χ1) is 9.02. The van der Waals surface area contributed by atoms with Crippen molar-refractivity contribution in [2.75, 3.05) is 27.9 Å². The molecule has 0 bridgehead atoms. The van der Waals surface area contributed by atoms with Crippen LogP contribution < -0.4 is 10.5 Å². The fourth-order valence-electron chi connectivity index (χ4n) is 2.42. The summed E-state index contributed by atoms with van der Waals surface area (Å²) < 4.78 is 10.7. The lowest BCUT2D eigenvalue weighted by Crippen LogP contribution is -2.43. The van der Waals surface area contributed by atoms with Crippen LogP contribution in [0.25, 0.3) is 0 Å². The molecule has 0 radical (unpaired) electrons. The Bertz CT molecular complexity index is 382. The Hall–Kier alpha value is -1.10. The molecule has 0 aliphatic heterocycles. The average molecular weight is 266 g/mol. The Labute approximate surface area is 116 Å². The van der Waals surface area contributed by atoms with Crippen LogP contribution in [0.1, 0.15) is 25.5 Å². The lowest BCUT2D eigenvalue weighted by Gasteiger charge is -2.36. The van der Waals surface area contributed by atoms with Crippen LogP contribution >= 0.6 is 0 Å². The summed E-state index contributed by atoms with van der Waals surface area (Å²) in [6.45, 7) is 4.83. The van der Waals surface area contributed by atoms with E-state index in [9.17, 15) is 0 Å². The third-order valence-corrected chi connectivity index (χ3v) is 3.50. The van der Waals surface area contributed by atoms with E-state index in [4.69, 9.17) is 15.2 Å². The molecule has 1 aromatic carbocycles. The zero-order valence-corrected chi connectivity index (χ0v) is 12.6. The second kappa shape index (κ2) is 7.48. The predicted molar refractivity (Wildman–Crippen MR) is 78.5 cm³/mol. The maximum Gasteiger partial charge on any atom is 0.123 e. The number of nitrogens with two attached hydrogens (primary N) is 1. The number of nitrogens with zero attached hydrogens (tertiary/aromatic N) is 1. The van der Waals surface area contributed by atoms with Gasteiger partial charge >= 0.3 is 0 Å². The Morgan fingerprint density at radius 3 is 2.37 bits per heavy atom. The Kier molecular flexibility index (Phi) is 6.28. The Morgan fingerprint density at radius 1 is 1.21 bits per heavy atom. The molecule has 3 unspecified atom stereocenters. The summed E-state index contributed by atoms with van der Waals surface area (Å²) in [6, 6.07) is 8.41. The SMILES string of the molecule is COCC(C)N(C)C(c1ccccc1OC)C(C)N. The van der Waals surface area contributed by atoms with Crippen molar-refractivity contribution in [3.8, 4) is 5.75 Å². The van der Waals surface area contributed by atoms with E-state index in [1.807, 2.05) is 25.1 Å². The van der Waals surface area contributed by atoms with Gasteiger partial charge in [0.25, 0.3) is 0 Å². The highest BCUT2D eigenvalue weighted by molar-refractivity contribution is 5.36. The Balaban J connectivity index is 3.06. The number of methoxy groups -OCH3 is 2. The van der Waals surface area contributed by atoms with Gasteiger partial charge in [-0.2, -0.15) is 0 Å². The van der Waals surface area contributed by atoms with E-state index in [0.29, 0.717) is 6.61 Å². The quantitative estimate of drug-likeness (QED) is 0.820. The van der Waals surface area contributed by atoms with Crippen molar-refractivity contribution in [1.82, 2.24) is 4.90 Å². The van der Waals surface area contributed by atoms with Crippen LogP contribution in [-0.4, -0.2) is 44.9 Å². The molecule has 0 saturated heterocycles. The van der Waals surface area contributed by atoms with Gasteiger partial charge in [0.2, 0.25) is 0 Å². The molecule has 2 N–H and O–H groups in total. The van der Waals surface area contributed by atoms with Gasteiger partial charge in [0.05, 0.1) is 19.8 Å². The van der Waals surface area contributed by atoms with Crippen LogP contribution in [-0.2, 0) is 4.74 Å². The number of likely N-dealkylation sites (N-methyl/N-ethyl adjacent to an activating group) is 1. The van der Waals surface area contributed by atoms with Crippen molar-refractivity contribution >= 4 is 0 Å². The van der Waals surface area contributed by atoms with E-state index >= 15 is 0 Å². The molecule has 0 fully saturated rings. The Morgan fingerprint density at radius 2 is 1.84 bits per heavy atom. The molecule has 0 spiro atoms. The molecule has 0 aliphatic carbocycles. The first kappa shape index (κ1) is 16.0. The monoisotopic (exact) mass is 266 g/mol. The highest BCUT2D eigenvalue weighted by Crippen LogP contribution is 2.31. The third-order valence-electron chi connectivity index (χ3n) is 3.50. The van der Waals surface area contributed by atoms with Crippen molar-refractivity contribution in [1.29, 1.82) is 0 Å². The molecule has 19 heavy (non-hydrogen) atoms. The van der Waals surface area contributed by atoms with Crippen LogP contribution in [0.3, 0.4) is 0 Å². The summed E-state index contributed by atoms with van der Waals surface area (Å²) in [4.78, 5) is 2.24. The first-order valence-electron chi connectivity index (χ1n) is 6.62. The molecule has 4 nitrogen and oxygen atoms in total. The van der Waals surface area contributed by atoms with E-state index < -0.39 is 0 Å². The summed E-state index contributed by atoms with van der Waals surface area (Å²) in [5, 5.41) is 0. The third kappa shape index (κ3) is 3.93. The van der Waals surface area contributed by atoms with Crippen LogP contribution in [0.2, 0.25) is 0 Å². The van der Waals surface area contributed by atoms with E-state index in [1.165, 1.54) is 0 Å². The van der Waals surface area contributed by atoms with Crippen molar-refractivity contribution < 1.29 is 9.47 Å². The van der Waals surface area contributed by atoms with Gasteiger partial charge in [-0.3, -0.25) is 4.90 Å². The molecule has 4 heteroatoms. The van der Waals surface area contributed by atoms with Gasteiger partial charge in [0, 0.05) is 24.8 Å². The van der Waals surface area contributed by atoms with E-state index in [0.717, 1.165) is 11.3 Å². The molecule has 1 rings (SSSR count). The van der Waals surface area contributed by atoms with E-state index in [1.54, 1.807) is 14.2 Å². The minimum absolute atomic E-state index is 0.000561. The molecule has 3 atom stereocenters. The average Bonchev–Trinajstić information content (AvgIpc) is 2.39. The number of para-hydroxylation sites is 1. The highest BCUT2D eigenvalue weighted by atomic mass is 16.5. The van der Waals surface area contributed by atoms with Crippen molar-refractivity contribution in [2.24, 2.45) is 5.73 Å². The van der Waals surface area contributed by atoms with Crippen molar-refractivity contribution in [3.63, 3.8) is 0 Å². The first-order valence-corrected chi connectivity index (χ1v) is 6.62. The van der Waals surface area contributed by atoms with Gasteiger partial charge in [-0.15, -0.1) is 0 Å². The summed E-state index contributed by atoms with van der Waals surface area (Å²) in [5.74, 6) is 0.876. The topological polar surface area (TPSA) is 47.7 Å². The fraction of sp³-hybridized carbons (Fsp3) is 0.600. The summed E-state index contributed by atoms with van der Waals surface area (Å²) in [7, 11) is 5.48. The van der Waals surface area contributed by atoms with Crippen LogP contribution in [0, 0.1) is 0 Å². The minimum Gasteiger partial charge on any atom is -0.496 e. The largest absolute Gasteiger partial charge is 0.496 e. The zero-order valence-electron chi connectivity index (χ0n) is 12.6. The summed E-state index contributed by atoms with van der Waals surface area (Å²) in [5.41, 5.74) is 7.31. The van der Waals surface area contributed by atoms with Crippen LogP contribution in [0.4, 0.5) is 0 Å². The number of rotatable bonds is 7. The van der Waals surface area contributed by atoms with Gasteiger partial charge in [-0.1, -0.05) is 18.2 Å². The molecule has 0 aromatic heterocycles. The second-order valence-electron chi connectivity index (χ2n) is 5.02. The lowest BCUT2D eigenvalue weighted by molar-refractivity contribution is 0.0810. The molecule has 0 aliphatic rings. The highest BCUT2D eigenvalue weighted by Gasteiger charge is 2.27. The van der Waals surface area contributed by atoms with Crippen LogP contribution in [0.15, 0.2) is 24.3 Å². The predicted octanol–water partition coefficient (Wildman–Crippen LogP) is 2.05. The van der Waals surface area contributed by atoms with E-state index in [2.05, 4.69) is 24.9 Å². The minimum atomic E-state index is 0.000561. The standard InChI is InChI=1S/C15H26N2O2/c1-11(10-18-4)17(3)15(12(2)16)13-8-6-7-9-14(13)19-5/h6-9,11-12,15H,10,16H2,1-5H3. The number of benzene rings is 1. The van der Waals surface area contributed by atoms with Gasteiger partial charge in [0.1, 0.15) is 5.75 Å². The number of hydrogen-bond acceptors (Lipinski definition) is 4. The molecule has 108 valence electrons. The smallest absolute Gasteiger partial charge is 0.123 e. The van der Waals surface area contributed by atoms with Gasteiger partial charge < -0.3 is 15.2 Å². The lowest BCUT2D eigenvalue weighted by atomic mass is 9.97.